The first kappa shape index (κ1) is 12.9. The summed E-state index contributed by atoms with van der Waals surface area (Å²) in [5.74, 6) is 0.0140. The summed E-state index contributed by atoms with van der Waals surface area (Å²) >= 11 is 1.62. The van der Waals surface area contributed by atoms with Crippen LogP contribution in [0.5, 0.6) is 0 Å². The Hall–Kier alpha value is -2.08. The number of fused-ring (bicyclic) bond motifs is 1. The molecule has 0 fully saturated rings. The van der Waals surface area contributed by atoms with Crippen molar-refractivity contribution >= 4 is 34.3 Å². The number of amides is 1. The van der Waals surface area contributed by atoms with Crippen molar-refractivity contribution in [3.63, 3.8) is 0 Å². The van der Waals surface area contributed by atoms with Crippen LogP contribution in [0.25, 0.3) is 0 Å². The summed E-state index contributed by atoms with van der Waals surface area (Å²) in [6.45, 7) is 4.02. The quantitative estimate of drug-likeness (QED) is 0.759. The first-order valence-electron chi connectivity index (χ1n) is 6.44. The second-order valence-electron chi connectivity index (χ2n) is 5.01. The number of aryl methyl sites for hydroxylation is 1. The van der Waals surface area contributed by atoms with Gasteiger partial charge in [-0.1, -0.05) is 0 Å². The molecule has 1 aliphatic heterocycles. The van der Waals surface area contributed by atoms with Crippen molar-refractivity contribution in [2.24, 2.45) is 0 Å². The lowest BCUT2D eigenvalue weighted by atomic mass is 10.1. The summed E-state index contributed by atoms with van der Waals surface area (Å²) in [6, 6.07) is 3.83. The van der Waals surface area contributed by atoms with Crippen molar-refractivity contribution in [3.05, 3.63) is 33.8 Å². The van der Waals surface area contributed by atoms with Crippen LogP contribution in [0.1, 0.15) is 29.2 Å². The number of thiazole rings is 1. The van der Waals surface area contributed by atoms with Crippen LogP contribution in [0.3, 0.4) is 0 Å². The smallest absolute Gasteiger partial charge is 0.228 e. The number of nitrogens with one attached hydrogen (secondary N) is 2. The Morgan fingerprint density at radius 1 is 1.50 bits per heavy atom. The van der Waals surface area contributed by atoms with Gasteiger partial charge in [-0.3, -0.25) is 4.79 Å². The van der Waals surface area contributed by atoms with E-state index in [1.54, 1.807) is 11.3 Å². The highest BCUT2D eigenvalue weighted by atomic mass is 32.1. The van der Waals surface area contributed by atoms with E-state index in [4.69, 9.17) is 5.73 Å². The van der Waals surface area contributed by atoms with Gasteiger partial charge in [0.15, 0.2) is 0 Å². The SMILES string of the molecule is Cc1csc(C(C)Nc2cc3c(cc2N)CC(=O)N3)n1. The van der Waals surface area contributed by atoms with E-state index in [9.17, 15) is 4.79 Å². The van der Waals surface area contributed by atoms with Crippen molar-refractivity contribution in [1.29, 1.82) is 0 Å². The number of aromatic nitrogens is 1. The molecule has 0 saturated heterocycles. The van der Waals surface area contributed by atoms with E-state index >= 15 is 0 Å². The lowest BCUT2D eigenvalue weighted by molar-refractivity contribution is -0.115. The third kappa shape index (κ3) is 2.34. The number of hydrogen-bond donors (Lipinski definition) is 3. The van der Waals surface area contributed by atoms with E-state index in [-0.39, 0.29) is 11.9 Å². The van der Waals surface area contributed by atoms with Gasteiger partial charge in [-0.2, -0.15) is 0 Å². The Kier molecular flexibility index (Phi) is 3.10. The predicted octanol–water partition coefficient (Wildman–Crippen LogP) is 2.70. The number of rotatable bonds is 3. The highest BCUT2D eigenvalue weighted by Crippen LogP contribution is 2.33. The maximum atomic E-state index is 11.4. The van der Waals surface area contributed by atoms with Gasteiger partial charge in [-0.25, -0.2) is 4.98 Å². The minimum atomic E-state index is 0.0140. The van der Waals surface area contributed by atoms with Gasteiger partial charge in [0.2, 0.25) is 5.91 Å². The topological polar surface area (TPSA) is 80.0 Å². The van der Waals surface area contributed by atoms with E-state index in [0.717, 1.165) is 27.6 Å². The standard InChI is InChI=1S/C14H16N4OS/c1-7-6-20-14(16-7)8(2)17-12-5-11-9(3-10(12)15)4-13(19)18-11/h3,5-6,8,17H,4,15H2,1-2H3,(H,18,19). The van der Waals surface area contributed by atoms with Crippen LogP contribution in [-0.4, -0.2) is 10.9 Å². The summed E-state index contributed by atoms with van der Waals surface area (Å²) < 4.78 is 0. The number of anilines is 3. The molecule has 0 saturated carbocycles. The van der Waals surface area contributed by atoms with E-state index in [2.05, 4.69) is 15.6 Å². The van der Waals surface area contributed by atoms with Crippen molar-refractivity contribution in [1.82, 2.24) is 4.98 Å². The van der Waals surface area contributed by atoms with Crippen molar-refractivity contribution in [3.8, 4) is 0 Å². The molecule has 0 radical (unpaired) electrons. The molecule has 1 unspecified atom stereocenters. The molecule has 0 bridgehead atoms. The summed E-state index contributed by atoms with van der Waals surface area (Å²) in [4.78, 5) is 15.9. The number of benzene rings is 1. The number of carbonyl (C=O) groups excluding carboxylic acids is 1. The molecule has 6 heteroatoms. The molecule has 1 aromatic carbocycles. The lowest BCUT2D eigenvalue weighted by Crippen LogP contribution is -2.08. The van der Waals surface area contributed by atoms with Crippen LogP contribution in [0, 0.1) is 6.92 Å². The van der Waals surface area contributed by atoms with Crippen LogP contribution < -0.4 is 16.4 Å². The first-order chi connectivity index (χ1) is 9.52. The van der Waals surface area contributed by atoms with E-state index in [1.807, 2.05) is 31.4 Å². The van der Waals surface area contributed by atoms with Gasteiger partial charge in [0.25, 0.3) is 0 Å². The van der Waals surface area contributed by atoms with Gasteiger partial charge in [0, 0.05) is 16.8 Å². The zero-order valence-electron chi connectivity index (χ0n) is 11.4. The van der Waals surface area contributed by atoms with E-state index in [0.29, 0.717) is 12.1 Å². The first-order valence-corrected chi connectivity index (χ1v) is 7.31. The highest BCUT2D eigenvalue weighted by molar-refractivity contribution is 7.09. The number of nitrogens with two attached hydrogens (primary N) is 1. The summed E-state index contributed by atoms with van der Waals surface area (Å²) in [5, 5.41) is 9.24. The monoisotopic (exact) mass is 288 g/mol. The molecule has 0 aliphatic carbocycles. The Bertz CT molecular complexity index is 680. The number of hydrogen-bond acceptors (Lipinski definition) is 5. The molecule has 1 aromatic heterocycles. The maximum absolute atomic E-state index is 11.4. The fourth-order valence-corrected chi connectivity index (χ4v) is 3.09. The van der Waals surface area contributed by atoms with Crippen LogP contribution in [0.4, 0.5) is 17.1 Å². The Labute approximate surface area is 121 Å². The predicted molar refractivity (Wildman–Crippen MR) is 82.1 cm³/mol. The normalized spacial score (nSPS) is 14.8. The van der Waals surface area contributed by atoms with Gasteiger partial charge < -0.3 is 16.4 Å². The van der Waals surface area contributed by atoms with Gasteiger partial charge in [-0.05, 0) is 31.5 Å². The van der Waals surface area contributed by atoms with Crippen LogP contribution in [-0.2, 0) is 11.2 Å². The molecular weight excluding hydrogens is 272 g/mol. The zero-order valence-corrected chi connectivity index (χ0v) is 12.2. The van der Waals surface area contributed by atoms with Crippen LogP contribution >= 0.6 is 11.3 Å². The number of nitrogens with zero attached hydrogens (tertiary/aromatic N) is 1. The molecule has 1 atom stereocenters. The fourth-order valence-electron chi connectivity index (χ4n) is 2.28. The minimum absolute atomic E-state index is 0.0140. The molecule has 2 heterocycles. The molecule has 1 aliphatic rings. The van der Waals surface area contributed by atoms with Gasteiger partial charge >= 0.3 is 0 Å². The van der Waals surface area contributed by atoms with Crippen molar-refractivity contribution in [2.45, 2.75) is 26.3 Å². The van der Waals surface area contributed by atoms with E-state index in [1.165, 1.54) is 0 Å². The molecule has 3 rings (SSSR count). The Morgan fingerprint density at radius 2 is 2.30 bits per heavy atom. The average molecular weight is 288 g/mol. The lowest BCUT2D eigenvalue weighted by Gasteiger charge is -2.16. The minimum Gasteiger partial charge on any atom is -0.397 e. The summed E-state index contributed by atoms with van der Waals surface area (Å²) in [6.07, 6.45) is 0.404. The molecule has 4 N–H and O–H groups in total. The molecule has 20 heavy (non-hydrogen) atoms. The van der Waals surface area contributed by atoms with E-state index < -0.39 is 0 Å². The molecule has 0 spiro atoms. The van der Waals surface area contributed by atoms with Gasteiger partial charge in [0.1, 0.15) is 5.01 Å². The molecule has 5 nitrogen and oxygen atoms in total. The van der Waals surface area contributed by atoms with Crippen LogP contribution in [0.2, 0.25) is 0 Å². The van der Waals surface area contributed by atoms with Crippen LogP contribution in [0.15, 0.2) is 17.5 Å². The number of carbonyl (C=O) groups is 1. The third-order valence-corrected chi connectivity index (χ3v) is 4.42. The molecule has 1 amide bonds. The zero-order chi connectivity index (χ0) is 14.3. The maximum Gasteiger partial charge on any atom is 0.228 e. The van der Waals surface area contributed by atoms with Crippen molar-refractivity contribution < 1.29 is 4.79 Å². The molecule has 2 aromatic rings. The van der Waals surface area contributed by atoms with Gasteiger partial charge in [0.05, 0.1) is 23.8 Å². The summed E-state index contributed by atoms with van der Waals surface area (Å²) in [7, 11) is 0. The second kappa shape index (κ2) is 4.79. The fraction of sp³-hybridized carbons (Fsp3) is 0.286. The number of nitrogen functional groups attached to an aromatic ring is 1. The second-order valence-corrected chi connectivity index (χ2v) is 5.90. The molecular formula is C14H16N4OS. The third-order valence-electron chi connectivity index (χ3n) is 3.28. The Balaban J connectivity index is 1.84. The molecule has 104 valence electrons. The summed E-state index contributed by atoms with van der Waals surface area (Å²) in [5.41, 5.74) is 10.3. The Morgan fingerprint density at radius 3 is 3.00 bits per heavy atom. The van der Waals surface area contributed by atoms with Gasteiger partial charge in [-0.15, -0.1) is 11.3 Å². The highest BCUT2D eigenvalue weighted by Gasteiger charge is 2.20. The largest absolute Gasteiger partial charge is 0.397 e. The van der Waals surface area contributed by atoms with Crippen molar-refractivity contribution in [2.75, 3.05) is 16.4 Å². The average Bonchev–Trinajstić information content (AvgIpc) is 2.95.